The van der Waals surface area contributed by atoms with Gasteiger partial charge in [-0.25, -0.2) is 0 Å². The van der Waals surface area contributed by atoms with Gasteiger partial charge in [-0.05, 0) is 32.9 Å². The van der Waals surface area contributed by atoms with Crippen LogP contribution >= 0.6 is 0 Å². The molecule has 0 unspecified atom stereocenters. The van der Waals surface area contributed by atoms with Gasteiger partial charge in [0.05, 0.1) is 12.0 Å². The average Bonchev–Trinajstić information content (AvgIpc) is 2.80. The Morgan fingerprint density at radius 1 is 1.50 bits per heavy atom. The molecule has 0 atom stereocenters. The van der Waals surface area contributed by atoms with Gasteiger partial charge in [0, 0.05) is 6.42 Å². The molecule has 1 aromatic heterocycles. The quantitative estimate of drug-likeness (QED) is 0.871. The van der Waals surface area contributed by atoms with Crippen LogP contribution in [-0.4, -0.2) is 39.2 Å². The first-order valence-corrected chi connectivity index (χ1v) is 6.31. The smallest absolute Gasteiger partial charge is 0.309 e. The summed E-state index contributed by atoms with van der Waals surface area (Å²) in [4.78, 5) is 17.5. The molecule has 1 N–H and O–H groups in total. The van der Waals surface area contributed by atoms with Crippen molar-refractivity contribution in [2.75, 3.05) is 13.1 Å². The molecule has 2 heterocycles. The Morgan fingerprint density at radius 2 is 2.17 bits per heavy atom. The fraction of sp³-hybridized carbons (Fsp3) is 0.750. The molecule has 1 aliphatic rings. The summed E-state index contributed by atoms with van der Waals surface area (Å²) < 4.78 is 5.14. The molecule has 0 bridgehead atoms. The van der Waals surface area contributed by atoms with Crippen LogP contribution in [0.3, 0.4) is 0 Å². The van der Waals surface area contributed by atoms with Crippen LogP contribution in [0.5, 0.6) is 0 Å². The van der Waals surface area contributed by atoms with Crippen molar-refractivity contribution >= 4 is 5.97 Å². The zero-order valence-electron chi connectivity index (χ0n) is 10.8. The lowest BCUT2D eigenvalue weighted by atomic mass is 9.80. The van der Waals surface area contributed by atoms with E-state index in [9.17, 15) is 4.79 Å². The Labute approximate surface area is 106 Å². The van der Waals surface area contributed by atoms with Crippen LogP contribution in [0.1, 0.15) is 38.4 Å². The summed E-state index contributed by atoms with van der Waals surface area (Å²) in [6, 6.07) is 0. The van der Waals surface area contributed by atoms with Crippen LogP contribution in [0.2, 0.25) is 0 Å². The number of carboxylic acid groups (broad SMARTS) is 1. The van der Waals surface area contributed by atoms with E-state index in [-0.39, 0.29) is 0 Å². The monoisotopic (exact) mass is 253 g/mol. The minimum Gasteiger partial charge on any atom is -0.481 e. The molecule has 6 heteroatoms. The average molecular weight is 253 g/mol. The van der Waals surface area contributed by atoms with Gasteiger partial charge in [0.1, 0.15) is 0 Å². The summed E-state index contributed by atoms with van der Waals surface area (Å²) in [6.07, 6.45) is 2.09. The second-order valence-electron chi connectivity index (χ2n) is 5.10. The molecule has 0 amide bonds. The van der Waals surface area contributed by atoms with Gasteiger partial charge in [-0.15, -0.1) is 0 Å². The van der Waals surface area contributed by atoms with E-state index >= 15 is 0 Å². The van der Waals surface area contributed by atoms with Gasteiger partial charge >= 0.3 is 5.97 Å². The molecule has 18 heavy (non-hydrogen) atoms. The summed E-state index contributed by atoms with van der Waals surface area (Å²) in [7, 11) is 0. The molecule has 1 aliphatic heterocycles. The molecular formula is C12H19N3O3. The number of hydrogen-bond donors (Lipinski definition) is 1. The maximum Gasteiger partial charge on any atom is 0.309 e. The van der Waals surface area contributed by atoms with E-state index < -0.39 is 11.4 Å². The van der Waals surface area contributed by atoms with Crippen molar-refractivity contribution in [1.29, 1.82) is 0 Å². The second kappa shape index (κ2) is 5.06. The van der Waals surface area contributed by atoms with E-state index in [1.165, 1.54) is 0 Å². The number of rotatable bonds is 4. The Bertz CT molecular complexity index is 422. The van der Waals surface area contributed by atoms with Gasteiger partial charge in [-0.1, -0.05) is 12.1 Å². The predicted molar refractivity (Wildman–Crippen MR) is 63.9 cm³/mol. The van der Waals surface area contributed by atoms with Gasteiger partial charge < -0.3 is 9.63 Å². The van der Waals surface area contributed by atoms with Crippen molar-refractivity contribution in [3.63, 3.8) is 0 Å². The van der Waals surface area contributed by atoms with Crippen LogP contribution < -0.4 is 0 Å². The number of carboxylic acids is 1. The van der Waals surface area contributed by atoms with Crippen LogP contribution in [0.25, 0.3) is 0 Å². The lowest BCUT2D eigenvalue weighted by Gasteiger charge is -2.35. The van der Waals surface area contributed by atoms with Crippen molar-refractivity contribution in [3.05, 3.63) is 11.7 Å². The van der Waals surface area contributed by atoms with E-state index in [0.29, 0.717) is 25.3 Å². The maximum atomic E-state index is 11.1. The fourth-order valence-corrected chi connectivity index (χ4v) is 2.11. The summed E-state index contributed by atoms with van der Waals surface area (Å²) in [5.41, 5.74) is -0.583. The number of hydrogen-bond acceptors (Lipinski definition) is 5. The lowest BCUT2D eigenvalue weighted by molar-refractivity contribution is -0.150. The van der Waals surface area contributed by atoms with E-state index in [2.05, 4.69) is 15.0 Å². The molecule has 100 valence electrons. The maximum absolute atomic E-state index is 11.1. The highest BCUT2D eigenvalue weighted by molar-refractivity contribution is 5.74. The first kappa shape index (κ1) is 13.0. The molecule has 2 rings (SSSR count). The molecule has 0 radical (unpaired) electrons. The van der Waals surface area contributed by atoms with E-state index in [4.69, 9.17) is 9.63 Å². The number of aliphatic carboxylic acids is 1. The van der Waals surface area contributed by atoms with E-state index in [1.807, 2.05) is 13.8 Å². The summed E-state index contributed by atoms with van der Waals surface area (Å²) >= 11 is 0. The summed E-state index contributed by atoms with van der Waals surface area (Å²) in [5.74, 6) is 0.636. The third kappa shape index (κ3) is 2.69. The van der Waals surface area contributed by atoms with Gasteiger partial charge in [0.2, 0.25) is 5.89 Å². The predicted octanol–water partition coefficient (Wildman–Crippen LogP) is 1.32. The third-order valence-corrected chi connectivity index (χ3v) is 3.66. The summed E-state index contributed by atoms with van der Waals surface area (Å²) in [5, 5.41) is 13.0. The van der Waals surface area contributed by atoms with Crippen molar-refractivity contribution in [3.8, 4) is 0 Å². The lowest BCUT2D eigenvalue weighted by Crippen LogP contribution is -2.42. The topological polar surface area (TPSA) is 79.5 Å². The highest BCUT2D eigenvalue weighted by Gasteiger charge is 2.37. The van der Waals surface area contributed by atoms with Gasteiger partial charge in [-0.3, -0.25) is 9.69 Å². The molecule has 6 nitrogen and oxygen atoms in total. The SMILES string of the molecule is CCc1noc(CN2CCC(C)(C(=O)O)CC2)n1. The zero-order valence-corrected chi connectivity index (χ0v) is 10.8. The molecule has 1 aromatic rings. The van der Waals surface area contributed by atoms with E-state index in [1.54, 1.807) is 0 Å². The van der Waals surface area contributed by atoms with Crippen LogP contribution in [0, 0.1) is 5.41 Å². The normalized spacial score (nSPS) is 19.9. The fourth-order valence-electron chi connectivity index (χ4n) is 2.11. The molecule has 1 saturated heterocycles. The minimum absolute atomic E-state index is 0.583. The molecule has 0 aliphatic carbocycles. The Kier molecular flexibility index (Phi) is 3.65. The number of likely N-dealkylation sites (tertiary alicyclic amines) is 1. The minimum atomic E-state index is -0.701. The van der Waals surface area contributed by atoms with Crippen LogP contribution in [0.4, 0.5) is 0 Å². The molecular weight excluding hydrogens is 234 g/mol. The zero-order chi connectivity index (χ0) is 13.2. The Hall–Kier alpha value is -1.43. The van der Waals surface area contributed by atoms with Crippen LogP contribution in [0.15, 0.2) is 4.52 Å². The first-order chi connectivity index (χ1) is 8.53. The first-order valence-electron chi connectivity index (χ1n) is 6.31. The highest BCUT2D eigenvalue weighted by Crippen LogP contribution is 2.31. The summed E-state index contributed by atoms with van der Waals surface area (Å²) in [6.45, 7) is 5.92. The Morgan fingerprint density at radius 3 is 2.67 bits per heavy atom. The van der Waals surface area contributed by atoms with Crippen molar-refractivity contribution in [1.82, 2.24) is 15.0 Å². The van der Waals surface area contributed by atoms with Gasteiger partial charge in [0.15, 0.2) is 5.82 Å². The third-order valence-electron chi connectivity index (χ3n) is 3.66. The van der Waals surface area contributed by atoms with Crippen molar-refractivity contribution in [2.24, 2.45) is 5.41 Å². The van der Waals surface area contributed by atoms with Crippen molar-refractivity contribution in [2.45, 2.75) is 39.7 Å². The number of aryl methyl sites for hydroxylation is 1. The van der Waals surface area contributed by atoms with E-state index in [0.717, 1.165) is 25.3 Å². The largest absolute Gasteiger partial charge is 0.481 e. The molecule has 1 fully saturated rings. The number of piperidine rings is 1. The number of carbonyl (C=O) groups is 1. The number of aromatic nitrogens is 2. The molecule has 0 aromatic carbocycles. The van der Waals surface area contributed by atoms with Crippen LogP contribution in [-0.2, 0) is 17.8 Å². The highest BCUT2D eigenvalue weighted by atomic mass is 16.5. The van der Waals surface area contributed by atoms with Gasteiger partial charge in [-0.2, -0.15) is 4.98 Å². The Balaban J connectivity index is 1.89. The molecule has 0 saturated carbocycles. The van der Waals surface area contributed by atoms with Crippen molar-refractivity contribution < 1.29 is 14.4 Å². The molecule has 0 spiro atoms. The standard InChI is InChI=1S/C12H19N3O3/c1-3-9-13-10(18-14-9)8-15-6-4-12(2,5-7-15)11(16)17/h3-8H2,1-2H3,(H,16,17). The second-order valence-corrected chi connectivity index (χ2v) is 5.10. The number of nitrogens with zero attached hydrogens (tertiary/aromatic N) is 3. The van der Waals surface area contributed by atoms with Gasteiger partial charge in [0.25, 0.3) is 0 Å².